The Bertz CT molecular complexity index is 922. The van der Waals surface area contributed by atoms with E-state index in [1.165, 1.54) is 11.1 Å². The number of carbonyl (C=O) groups excluding carboxylic acids is 1. The van der Waals surface area contributed by atoms with Gasteiger partial charge >= 0.3 is 0 Å². The molecule has 0 spiro atoms. The van der Waals surface area contributed by atoms with Crippen molar-refractivity contribution in [1.29, 1.82) is 0 Å². The molecule has 138 valence electrons. The molecule has 1 aliphatic rings. The number of fused-ring (bicyclic) bond motifs is 1. The third-order valence-electron chi connectivity index (χ3n) is 5.13. The summed E-state index contributed by atoms with van der Waals surface area (Å²) in [5, 5.41) is 7.53. The van der Waals surface area contributed by atoms with Crippen LogP contribution < -0.4 is 0 Å². The summed E-state index contributed by atoms with van der Waals surface area (Å²) in [6.07, 6.45) is 5.71. The Morgan fingerprint density at radius 1 is 1.15 bits per heavy atom. The number of hydrogen-bond acceptors (Lipinski definition) is 5. The molecule has 1 aliphatic heterocycles. The highest BCUT2D eigenvalue weighted by atomic mass is 16.2. The van der Waals surface area contributed by atoms with Crippen molar-refractivity contribution in [2.75, 3.05) is 20.6 Å². The fourth-order valence-corrected chi connectivity index (χ4v) is 3.53. The topological polar surface area (TPSA) is 67.2 Å². The summed E-state index contributed by atoms with van der Waals surface area (Å²) >= 11 is 0. The van der Waals surface area contributed by atoms with E-state index in [0.29, 0.717) is 24.0 Å². The number of benzene rings is 1. The van der Waals surface area contributed by atoms with Gasteiger partial charge in [-0.05, 0) is 36.7 Å². The Morgan fingerprint density at radius 3 is 2.59 bits per heavy atom. The molecule has 0 unspecified atom stereocenters. The molecule has 0 bridgehead atoms. The highest BCUT2D eigenvalue weighted by Gasteiger charge is 2.25. The van der Waals surface area contributed by atoms with Crippen LogP contribution >= 0.6 is 0 Å². The van der Waals surface area contributed by atoms with Crippen LogP contribution in [0.3, 0.4) is 0 Å². The lowest BCUT2D eigenvalue weighted by atomic mass is 9.94. The molecule has 0 saturated carbocycles. The van der Waals surface area contributed by atoms with Crippen molar-refractivity contribution in [2.45, 2.75) is 19.0 Å². The lowest BCUT2D eigenvalue weighted by Crippen LogP contribution is -2.46. The van der Waals surface area contributed by atoms with Crippen LogP contribution in [-0.4, -0.2) is 62.1 Å². The van der Waals surface area contributed by atoms with E-state index >= 15 is 0 Å². The fraction of sp³-hybridized carbons (Fsp3) is 0.300. The molecule has 27 heavy (non-hydrogen) atoms. The van der Waals surface area contributed by atoms with E-state index < -0.39 is 0 Å². The Hall–Kier alpha value is -3.06. The van der Waals surface area contributed by atoms with E-state index in [1.807, 2.05) is 7.05 Å². The third-order valence-corrected chi connectivity index (χ3v) is 5.13. The van der Waals surface area contributed by atoms with E-state index in [1.54, 1.807) is 40.5 Å². The van der Waals surface area contributed by atoms with Gasteiger partial charge in [0.25, 0.3) is 5.91 Å². The van der Waals surface area contributed by atoms with Gasteiger partial charge in [0.2, 0.25) is 0 Å². The predicted molar refractivity (Wildman–Crippen MR) is 102 cm³/mol. The van der Waals surface area contributed by atoms with E-state index in [9.17, 15) is 4.79 Å². The lowest BCUT2D eigenvalue weighted by Gasteiger charge is -2.36. The SMILES string of the molecule is CN(C[C@H]1Cc2ccccc2CN1C)C(=O)c1ccc(-n2cnnc2)nc1. The molecular formula is C20H22N6O. The summed E-state index contributed by atoms with van der Waals surface area (Å²) in [6, 6.07) is 12.4. The number of carbonyl (C=O) groups is 1. The Kier molecular flexibility index (Phi) is 4.68. The molecule has 0 saturated heterocycles. The maximum atomic E-state index is 12.8. The van der Waals surface area contributed by atoms with Gasteiger partial charge in [-0.2, -0.15) is 0 Å². The quantitative estimate of drug-likeness (QED) is 0.708. The standard InChI is InChI=1S/C20H22N6O/c1-24-11-17-6-4-3-5-15(17)9-18(24)12-25(2)20(27)16-7-8-19(21-10-16)26-13-22-23-14-26/h3-8,10,13-14,18H,9,11-12H2,1-2H3/t18-/m1/s1. The van der Waals surface area contributed by atoms with E-state index in [0.717, 1.165) is 13.0 Å². The van der Waals surface area contributed by atoms with Crippen LogP contribution in [0.5, 0.6) is 0 Å². The zero-order valence-corrected chi connectivity index (χ0v) is 15.5. The van der Waals surface area contributed by atoms with Crippen LogP contribution in [0.4, 0.5) is 0 Å². The smallest absolute Gasteiger partial charge is 0.255 e. The molecule has 0 N–H and O–H groups in total. The van der Waals surface area contributed by atoms with Crippen molar-refractivity contribution in [3.8, 4) is 5.82 Å². The second kappa shape index (κ2) is 7.28. The van der Waals surface area contributed by atoms with Gasteiger partial charge in [0.1, 0.15) is 18.5 Å². The van der Waals surface area contributed by atoms with Crippen LogP contribution in [0.2, 0.25) is 0 Å². The monoisotopic (exact) mass is 362 g/mol. The number of aromatic nitrogens is 4. The molecule has 0 fully saturated rings. The van der Waals surface area contributed by atoms with Crippen molar-refractivity contribution in [3.05, 3.63) is 71.9 Å². The van der Waals surface area contributed by atoms with E-state index in [2.05, 4.69) is 51.4 Å². The maximum absolute atomic E-state index is 12.8. The van der Waals surface area contributed by atoms with Gasteiger partial charge in [-0.15, -0.1) is 10.2 Å². The zero-order chi connectivity index (χ0) is 18.8. The van der Waals surface area contributed by atoms with Crippen molar-refractivity contribution in [3.63, 3.8) is 0 Å². The first-order chi connectivity index (χ1) is 13.1. The summed E-state index contributed by atoms with van der Waals surface area (Å²) in [5.41, 5.74) is 3.33. The second-order valence-corrected chi connectivity index (χ2v) is 7.00. The molecule has 4 rings (SSSR count). The molecule has 3 aromatic rings. The Labute approximate surface area is 158 Å². The molecule has 0 radical (unpaired) electrons. The van der Waals surface area contributed by atoms with Crippen LogP contribution in [-0.2, 0) is 13.0 Å². The van der Waals surface area contributed by atoms with Gasteiger partial charge < -0.3 is 4.90 Å². The lowest BCUT2D eigenvalue weighted by molar-refractivity contribution is 0.0733. The van der Waals surface area contributed by atoms with Crippen LogP contribution in [0.1, 0.15) is 21.5 Å². The minimum Gasteiger partial charge on any atom is -0.340 e. The summed E-state index contributed by atoms with van der Waals surface area (Å²) in [5.74, 6) is 0.660. The maximum Gasteiger partial charge on any atom is 0.255 e. The van der Waals surface area contributed by atoms with Crippen molar-refractivity contribution >= 4 is 5.91 Å². The van der Waals surface area contributed by atoms with Gasteiger partial charge in [-0.25, -0.2) is 4.98 Å². The molecular weight excluding hydrogens is 340 g/mol. The summed E-state index contributed by atoms with van der Waals surface area (Å²) in [4.78, 5) is 21.2. The summed E-state index contributed by atoms with van der Waals surface area (Å²) in [6.45, 7) is 1.59. The minimum atomic E-state index is -0.0231. The number of amides is 1. The molecule has 0 aliphatic carbocycles. The fourth-order valence-electron chi connectivity index (χ4n) is 3.53. The largest absolute Gasteiger partial charge is 0.340 e. The van der Waals surface area contributed by atoms with Crippen molar-refractivity contribution in [2.24, 2.45) is 0 Å². The normalized spacial score (nSPS) is 16.7. The predicted octanol–water partition coefficient (Wildman–Crippen LogP) is 1.79. The molecule has 1 aromatic carbocycles. The molecule has 1 amide bonds. The van der Waals surface area contributed by atoms with Crippen LogP contribution in [0, 0.1) is 0 Å². The second-order valence-electron chi connectivity index (χ2n) is 7.00. The summed E-state index contributed by atoms with van der Waals surface area (Å²) < 4.78 is 1.70. The number of rotatable bonds is 4. The molecule has 3 heterocycles. The van der Waals surface area contributed by atoms with Gasteiger partial charge in [0.05, 0.1) is 5.56 Å². The Balaban J connectivity index is 1.43. The first-order valence-electron chi connectivity index (χ1n) is 8.95. The number of hydrogen-bond donors (Lipinski definition) is 0. The van der Waals surface area contributed by atoms with Crippen LogP contribution in [0.25, 0.3) is 5.82 Å². The third kappa shape index (κ3) is 3.59. The van der Waals surface area contributed by atoms with Gasteiger partial charge in [-0.3, -0.25) is 14.3 Å². The summed E-state index contributed by atoms with van der Waals surface area (Å²) in [7, 11) is 3.97. The average molecular weight is 362 g/mol. The number of nitrogens with zero attached hydrogens (tertiary/aromatic N) is 6. The minimum absolute atomic E-state index is 0.0231. The molecule has 2 aromatic heterocycles. The van der Waals surface area contributed by atoms with E-state index in [-0.39, 0.29) is 5.91 Å². The van der Waals surface area contributed by atoms with Crippen LogP contribution in [0.15, 0.2) is 55.2 Å². The Morgan fingerprint density at radius 2 is 1.89 bits per heavy atom. The zero-order valence-electron chi connectivity index (χ0n) is 15.5. The molecule has 1 atom stereocenters. The van der Waals surface area contributed by atoms with Gasteiger partial charge in [0.15, 0.2) is 0 Å². The van der Waals surface area contributed by atoms with Crippen molar-refractivity contribution in [1.82, 2.24) is 29.5 Å². The first-order valence-corrected chi connectivity index (χ1v) is 8.95. The first kappa shape index (κ1) is 17.4. The average Bonchev–Trinajstić information content (AvgIpc) is 3.23. The molecule has 7 heteroatoms. The molecule has 7 nitrogen and oxygen atoms in total. The van der Waals surface area contributed by atoms with E-state index in [4.69, 9.17) is 0 Å². The van der Waals surface area contributed by atoms with Gasteiger partial charge in [-0.1, -0.05) is 24.3 Å². The number of pyridine rings is 1. The highest BCUT2D eigenvalue weighted by Crippen LogP contribution is 2.22. The van der Waals surface area contributed by atoms with Gasteiger partial charge in [0, 0.05) is 32.4 Å². The number of likely N-dealkylation sites (N-methyl/N-ethyl adjacent to an activating group) is 2. The highest BCUT2D eigenvalue weighted by molar-refractivity contribution is 5.93. The van der Waals surface area contributed by atoms with Crippen molar-refractivity contribution < 1.29 is 4.79 Å².